The molecule has 6 heteroatoms. The van der Waals surface area contributed by atoms with Crippen molar-refractivity contribution < 1.29 is 22.4 Å². The summed E-state index contributed by atoms with van der Waals surface area (Å²) < 4.78 is 27.6. The number of hydrogen-bond acceptors (Lipinski definition) is 5. The van der Waals surface area contributed by atoms with Gasteiger partial charge in [0.2, 0.25) is 0 Å². The number of rotatable bonds is 11. The smallest absolute Gasteiger partial charge is 0.373 e. The molecule has 0 radical (unpaired) electrons. The van der Waals surface area contributed by atoms with Crippen LogP contribution in [-0.4, -0.2) is 48.2 Å². The van der Waals surface area contributed by atoms with E-state index < -0.39 is 9.05 Å². The monoisotopic (exact) mass is 264 g/mol. The Morgan fingerprint density at radius 1 is 1.00 bits per heavy atom. The van der Waals surface area contributed by atoms with Gasteiger partial charge in [-0.25, -0.2) is 0 Å². The van der Waals surface area contributed by atoms with E-state index in [9.17, 15) is 0 Å². The molecule has 0 spiro atoms. The zero-order chi connectivity index (χ0) is 12.6. The minimum absolute atomic E-state index is 0.445. The summed E-state index contributed by atoms with van der Waals surface area (Å²) in [6.45, 7) is 8.87. The van der Waals surface area contributed by atoms with Gasteiger partial charge < -0.3 is 22.4 Å². The molecule has 1 fully saturated rings. The van der Waals surface area contributed by atoms with E-state index in [-0.39, 0.29) is 0 Å². The minimum Gasteiger partial charge on any atom is -0.373 e. The van der Waals surface area contributed by atoms with Gasteiger partial charge in [0.25, 0.3) is 0 Å². The van der Waals surface area contributed by atoms with Crippen molar-refractivity contribution in [3.8, 4) is 0 Å². The molecule has 0 bridgehead atoms. The fraction of sp³-hybridized carbons (Fsp3) is 1.00. The molecule has 1 atom stereocenters. The van der Waals surface area contributed by atoms with Gasteiger partial charge in [0, 0.05) is 26.4 Å². The Labute approximate surface area is 105 Å². The Hall–Kier alpha value is 0.0169. The van der Waals surface area contributed by atoms with Crippen molar-refractivity contribution in [2.24, 2.45) is 0 Å². The fourth-order valence-electron chi connectivity index (χ4n) is 1.52. The van der Waals surface area contributed by atoms with Crippen LogP contribution >= 0.6 is 0 Å². The van der Waals surface area contributed by atoms with Gasteiger partial charge in [0.1, 0.15) is 0 Å². The van der Waals surface area contributed by atoms with Crippen LogP contribution in [0.15, 0.2) is 0 Å². The first kappa shape index (κ1) is 15.1. The Balaban J connectivity index is 2.29. The van der Waals surface area contributed by atoms with Gasteiger partial charge in [-0.3, -0.25) is 0 Å². The van der Waals surface area contributed by atoms with Crippen LogP contribution in [0.4, 0.5) is 0 Å². The van der Waals surface area contributed by atoms with Crippen LogP contribution in [-0.2, 0) is 22.4 Å². The molecule has 102 valence electrons. The van der Waals surface area contributed by atoms with Gasteiger partial charge in [0.15, 0.2) is 0 Å². The second-order valence-corrected chi connectivity index (χ2v) is 5.90. The van der Waals surface area contributed by atoms with Gasteiger partial charge >= 0.3 is 9.05 Å². The molecule has 0 aromatic rings. The van der Waals surface area contributed by atoms with Crippen molar-refractivity contribution in [3.63, 3.8) is 0 Å². The second-order valence-electron chi connectivity index (χ2n) is 3.75. The molecule has 5 nitrogen and oxygen atoms in total. The second kappa shape index (κ2) is 8.18. The Morgan fingerprint density at radius 3 is 1.94 bits per heavy atom. The maximum Gasteiger partial charge on any atom is 0.679 e. The Morgan fingerprint density at radius 2 is 1.53 bits per heavy atom. The molecule has 0 aromatic heterocycles. The Bertz CT molecular complexity index is 181. The summed E-state index contributed by atoms with van der Waals surface area (Å²) in [5, 5.41) is 0. The third-order valence-electron chi connectivity index (χ3n) is 2.31. The number of ether oxygens (including phenoxy) is 1. The lowest BCUT2D eigenvalue weighted by Gasteiger charge is -2.26. The molecular formula is C11H24O5Si. The summed E-state index contributed by atoms with van der Waals surface area (Å²) in [5.41, 5.74) is 0. The predicted molar refractivity (Wildman–Crippen MR) is 65.6 cm³/mol. The molecule has 0 aliphatic carbocycles. The largest absolute Gasteiger partial charge is 0.679 e. The summed E-state index contributed by atoms with van der Waals surface area (Å²) in [6, 6.07) is 0. The highest BCUT2D eigenvalue weighted by atomic mass is 28.4. The SMILES string of the molecule is CCO[Si](OCC)(OCC)OCCCC1CO1. The van der Waals surface area contributed by atoms with Crippen LogP contribution in [0, 0.1) is 0 Å². The van der Waals surface area contributed by atoms with Crippen LogP contribution < -0.4 is 0 Å². The molecular weight excluding hydrogens is 240 g/mol. The van der Waals surface area contributed by atoms with Gasteiger partial charge in [-0.15, -0.1) is 0 Å². The zero-order valence-electron chi connectivity index (χ0n) is 11.1. The van der Waals surface area contributed by atoms with E-state index in [1.807, 2.05) is 20.8 Å². The van der Waals surface area contributed by atoms with E-state index in [0.717, 1.165) is 19.4 Å². The van der Waals surface area contributed by atoms with Crippen molar-refractivity contribution >= 4 is 9.05 Å². The van der Waals surface area contributed by atoms with Crippen LogP contribution in [0.5, 0.6) is 0 Å². The first-order valence-corrected chi connectivity index (χ1v) is 8.07. The first-order chi connectivity index (χ1) is 8.26. The Kier molecular flexibility index (Phi) is 7.25. The third kappa shape index (κ3) is 5.94. The van der Waals surface area contributed by atoms with E-state index >= 15 is 0 Å². The standard InChI is InChI=1S/C11H24O5Si/c1-4-13-17(14-5-2,15-6-3)16-9-7-8-11-10-12-11/h11H,4-10H2,1-3H3. The highest BCUT2D eigenvalue weighted by Crippen LogP contribution is 2.17. The van der Waals surface area contributed by atoms with Crippen molar-refractivity contribution in [2.45, 2.75) is 39.7 Å². The zero-order valence-corrected chi connectivity index (χ0v) is 12.1. The topological polar surface area (TPSA) is 49.5 Å². The fourth-order valence-corrected chi connectivity index (χ4v) is 3.48. The molecule has 1 rings (SSSR count). The van der Waals surface area contributed by atoms with Gasteiger partial charge in [-0.2, -0.15) is 0 Å². The molecule has 17 heavy (non-hydrogen) atoms. The van der Waals surface area contributed by atoms with Crippen LogP contribution in [0.3, 0.4) is 0 Å². The maximum absolute atomic E-state index is 5.75. The molecule has 0 amide bonds. The molecule has 1 saturated heterocycles. The minimum atomic E-state index is -2.89. The highest BCUT2D eigenvalue weighted by molar-refractivity contribution is 6.53. The number of epoxide rings is 1. The van der Waals surface area contributed by atoms with Gasteiger partial charge in [-0.05, 0) is 33.6 Å². The predicted octanol–water partition coefficient (Wildman–Crippen LogP) is 1.73. The van der Waals surface area contributed by atoms with Crippen molar-refractivity contribution in [1.29, 1.82) is 0 Å². The summed E-state index contributed by atoms with van der Waals surface area (Å²) in [7, 11) is -2.89. The quantitative estimate of drug-likeness (QED) is 0.323. The van der Waals surface area contributed by atoms with Crippen LogP contribution in [0.25, 0.3) is 0 Å². The molecule has 1 heterocycles. The van der Waals surface area contributed by atoms with Gasteiger partial charge in [0.05, 0.1) is 12.7 Å². The lowest BCUT2D eigenvalue weighted by molar-refractivity contribution is -0.0282. The lowest BCUT2D eigenvalue weighted by Crippen LogP contribution is -2.49. The molecule has 1 aliphatic rings. The lowest BCUT2D eigenvalue weighted by atomic mass is 10.3. The van der Waals surface area contributed by atoms with E-state index in [2.05, 4.69) is 0 Å². The molecule has 0 aromatic carbocycles. The molecule has 1 unspecified atom stereocenters. The van der Waals surface area contributed by atoms with E-state index in [1.165, 1.54) is 0 Å². The maximum atomic E-state index is 5.75. The summed E-state index contributed by atoms with van der Waals surface area (Å²) in [4.78, 5) is 0. The summed E-state index contributed by atoms with van der Waals surface area (Å²) in [5.74, 6) is 0. The van der Waals surface area contributed by atoms with Gasteiger partial charge in [-0.1, -0.05) is 0 Å². The van der Waals surface area contributed by atoms with Crippen molar-refractivity contribution in [3.05, 3.63) is 0 Å². The average molecular weight is 264 g/mol. The normalized spacial score (nSPS) is 19.6. The summed E-state index contributed by atoms with van der Waals surface area (Å²) >= 11 is 0. The van der Waals surface area contributed by atoms with E-state index in [1.54, 1.807) is 0 Å². The highest BCUT2D eigenvalue weighted by Gasteiger charge is 2.44. The van der Waals surface area contributed by atoms with E-state index in [0.29, 0.717) is 32.5 Å². The van der Waals surface area contributed by atoms with Crippen molar-refractivity contribution in [2.75, 3.05) is 33.0 Å². The number of hydrogen-bond donors (Lipinski definition) is 0. The van der Waals surface area contributed by atoms with Crippen LogP contribution in [0.2, 0.25) is 0 Å². The molecule has 0 N–H and O–H groups in total. The molecule has 0 saturated carbocycles. The van der Waals surface area contributed by atoms with E-state index in [4.69, 9.17) is 22.4 Å². The first-order valence-electron chi connectivity index (χ1n) is 6.43. The summed E-state index contributed by atoms with van der Waals surface area (Å²) in [6.07, 6.45) is 2.43. The average Bonchev–Trinajstić information content (AvgIpc) is 3.09. The molecule has 1 aliphatic heterocycles. The van der Waals surface area contributed by atoms with Crippen molar-refractivity contribution in [1.82, 2.24) is 0 Å². The third-order valence-corrected chi connectivity index (χ3v) is 4.80. The van der Waals surface area contributed by atoms with Crippen LogP contribution in [0.1, 0.15) is 33.6 Å².